The van der Waals surface area contributed by atoms with Crippen molar-refractivity contribution in [1.29, 1.82) is 0 Å². The van der Waals surface area contributed by atoms with Gasteiger partial charge in [-0.25, -0.2) is 4.98 Å². The van der Waals surface area contributed by atoms with Crippen molar-refractivity contribution in [3.63, 3.8) is 0 Å². The average molecular weight is 349 g/mol. The molecular formula is C21H23N3O2. The number of amides is 1. The molecule has 1 fully saturated rings. The predicted molar refractivity (Wildman–Crippen MR) is 101 cm³/mol. The molecule has 1 atom stereocenters. The summed E-state index contributed by atoms with van der Waals surface area (Å²) >= 11 is 0. The third-order valence-electron chi connectivity index (χ3n) is 5.24. The van der Waals surface area contributed by atoms with Gasteiger partial charge in [0.1, 0.15) is 0 Å². The summed E-state index contributed by atoms with van der Waals surface area (Å²) in [6, 6.07) is 15.6. The van der Waals surface area contributed by atoms with Gasteiger partial charge in [0.15, 0.2) is 0 Å². The van der Waals surface area contributed by atoms with Crippen molar-refractivity contribution >= 4 is 16.9 Å². The van der Waals surface area contributed by atoms with Crippen molar-refractivity contribution in [2.75, 3.05) is 0 Å². The van der Waals surface area contributed by atoms with Crippen molar-refractivity contribution in [3.8, 4) is 0 Å². The molecule has 1 heterocycles. The van der Waals surface area contributed by atoms with Crippen LogP contribution in [0.5, 0.6) is 0 Å². The predicted octanol–water partition coefficient (Wildman–Crippen LogP) is 3.46. The number of aromatic amines is 1. The molecule has 0 radical (unpaired) electrons. The van der Waals surface area contributed by atoms with Gasteiger partial charge < -0.3 is 15.4 Å². The van der Waals surface area contributed by atoms with Gasteiger partial charge in [-0.3, -0.25) is 4.79 Å². The van der Waals surface area contributed by atoms with Crippen LogP contribution < -0.4 is 5.32 Å². The number of H-pyrrole nitrogens is 1. The van der Waals surface area contributed by atoms with Crippen molar-refractivity contribution in [3.05, 3.63) is 66.0 Å². The summed E-state index contributed by atoms with van der Waals surface area (Å²) in [7, 11) is 0. The van der Waals surface area contributed by atoms with Gasteiger partial charge in [-0.2, -0.15) is 0 Å². The van der Waals surface area contributed by atoms with E-state index in [4.69, 9.17) is 0 Å². The summed E-state index contributed by atoms with van der Waals surface area (Å²) in [6.07, 6.45) is 5.21. The molecule has 3 N–H and O–H groups in total. The Morgan fingerprint density at radius 2 is 1.92 bits per heavy atom. The van der Waals surface area contributed by atoms with Gasteiger partial charge in [-0.15, -0.1) is 0 Å². The van der Waals surface area contributed by atoms with E-state index in [1.54, 1.807) is 6.33 Å². The van der Waals surface area contributed by atoms with Crippen LogP contribution >= 0.6 is 0 Å². The lowest BCUT2D eigenvalue weighted by atomic mass is 9.95. The Labute approximate surface area is 152 Å². The van der Waals surface area contributed by atoms with Crippen molar-refractivity contribution in [2.45, 2.75) is 43.7 Å². The second-order valence-corrected chi connectivity index (χ2v) is 7.20. The van der Waals surface area contributed by atoms with Crippen LogP contribution in [-0.4, -0.2) is 26.6 Å². The number of fused-ring (bicyclic) bond motifs is 1. The SMILES string of the molecule is O=C(CC1(O)CCCC1)NC(c1ccccc1)c1ccc2nc[nH]c2c1. The van der Waals surface area contributed by atoms with E-state index in [-0.39, 0.29) is 18.4 Å². The first-order chi connectivity index (χ1) is 12.6. The fourth-order valence-electron chi connectivity index (χ4n) is 3.86. The lowest BCUT2D eigenvalue weighted by Crippen LogP contribution is -2.36. The Morgan fingerprint density at radius 1 is 1.15 bits per heavy atom. The quantitative estimate of drug-likeness (QED) is 0.660. The van der Waals surface area contributed by atoms with Crippen molar-refractivity contribution in [2.24, 2.45) is 0 Å². The topological polar surface area (TPSA) is 78.0 Å². The Morgan fingerprint density at radius 3 is 2.69 bits per heavy atom. The molecule has 0 spiro atoms. The van der Waals surface area contributed by atoms with Crippen LogP contribution in [0.2, 0.25) is 0 Å². The van der Waals surface area contributed by atoms with Gasteiger partial charge in [-0.05, 0) is 36.1 Å². The molecule has 3 aromatic rings. The number of imidazole rings is 1. The van der Waals surface area contributed by atoms with Crippen LogP contribution in [0.1, 0.15) is 49.3 Å². The minimum Gasteiger partial charge on any atom is -0.389 e. The van der Waals surface area contributed by atoms with Gasteiger partial charge in [0.25, 0.3) is 0 Å². The molecule has 1 aliphatic rings. The number of carbonyl (C=O) groups is 1. The van der Waals surface area contributed by atoms with E-state index in [0.29, 0.717) is 12.8 Å². The highest BCUT2D eigenvalue weighted by Gasteiger charge is 2.34. The Hall–Kier alpha value is -2.66. The second kappa shape index (κ2) is 6.92. The maximum absolute atomic E-state index is 12.7. The minimum atomic E-state index is -0.849. The highest BCUT2D eigenvalue weighted by Crippen LogP contribution is 2.33. The van der Waals surface area contributed by atoms with Crippen LogP contribution in [0.3, 0.4) is 0 Å². The molecule has 134 valence electrons. The van der Waals surface area contributed by atoms with E-state index in [0.717, 1.165) is 35.0 Å². The molecule has 1 aliphatic carbocycles. The van der Waals surface area contributed by atoms with E-state index in [1.807, 2.05) is 48.5 Å². The highest BCUT2D eigenvalue weighted by atomic mass is 16.3. The van der Waals surface area contributed by atoms with Gasteiger partial charge in [0, 0.05) is 0 Å². The molecule has 5 nitrogen and oxygen atoms in total. The number of hydrogen-bond acceptors (Lipinski definition) is 3. The summed E-state index contributed by atoms with van der Waals surface area (Å²) < 4.78 is 0. The van der Waals surface area contributed by atoms with Gasteiger partial charge in [-0.1, -0.05) is 49.2 Å². The number of aromatic nitrogens is 2. The summed E-state index contributed by atoms with van der Waals surface area (Å²) in [5, 5.41) is 13.7. The molecule has 26 heavy (non-hydrogen) atoms. The van der Waals surface area contributed by atoms with Crippen molar-refractivity contribution in [1.82, 2.24) is 15.3 Å². The molecule has 1 unspecified atom stereocenters. The zero-order chi connectivity index (χ0) is 18.0. The number of nitrogens with one attached hydrogen (secondary N) is 2. The second-order valence-electron chi connectivity index (χ2n) is 7.20. The zero-order valence-electron chi connectivity index (χ0n) is 14.6. The van der Waals surface area contributed by atoms with Gasteiger partial charge in [0.05, 0.1) is 35.4 Å². The van der Waals surface area contributed by atoms with Crippen molar-refractivity contribution < 1.29 is 9.90 Å². The Kier molecular flexibility index (Phi) is 4.47. The van der Waals surface area contributed by atoms with Crippen LogP contribution in [0.15, 0.2) is 54.9 Å². The summed E-state index contributed by atoms with van der Waals surface area (Å²) in [4.78, 5) is 20.1. The molecule has 4 rings (SSSR count). The number of rotatable bonds is 5. The molecular weight excluding hydrogens is 326 g/mol. The van der Waals surface area contributed by atoms with E-state index in [2.05, 4.69) is 15.3 Å². The summed E-state index contributed by atoms with van der Waals surface area (Å²) in [6.45, 7) is 0. The fourth-order valence-corrected chi connectivity index (χ4v) is 3.86. The largest absolute Gasteiger partial charge is 0.389 e. The smallest absolute Gasteiger partial charge is 0.223 e. The third-order valence-corrected chi connectivity index (χ3v) is 5.24. The first-order valence-electron chi connectivity index (χ1n) is 9.13. The van der Waals surface area contributed by atoms with E-state index >= 15 is 0 Å². The molecule has 0 saturated heterocycles. The number of nitrogens with zero attached hydrogens (tertiary/aromatic N) is 1. The number of benzene rings is 2. The van der Waals surface area contributed by atoms with Gasteiger partial charge in [0.2, 0.25) is 5.91 Å². The van der Waals surface area contributed by atoms with Crippen LogP contribution in [0, 0.1) is 0 Å². The molecule has 1 amide bonds. The molecule has 2 aromatic carbocycles. The van der Waals surface area contributed by atoms with Crippen LogP contribution in [-0.2, 0) is 4.79 Å². The molecule has 0 aliphatic heterocycles. The third kappa shape index (κ3) is 3.48. The first kappa shape index (κ1) is 16.8. The highest BCUT2D eigenvalue weighted by molar-refractivity contribution is 5.79. The van der Waals surface area contributed by atoms with Crippen LogP contribution in [0.25, 0.3) is 11.0 Å². The first-order valence-corrected chi connectivity index (χ1v) is 9.13. The number of aliphatic hydroxyl groups is 1. The molecule has 1 saturated carbocycles. The molecule has 1 aromatic heterocycles. The Bertz CT molecular complexity index is 898. The Balaban J connectivity index is 1.61. The standard InChI is InChI=1S/C21H23N3O2/c25-19(13-21(26)10-4-5-11-21)24-20(15-6-2-1-3-7-15)16-8-9-17-18(12-16)23-14-22-17/h1-3,6-9,12,14,20,26H,4-5,10-11,13H2,(H,22,23)(H,24,25). The van der Waals surface area contributed by atoms with E-state index in [9.17, 15) is 9.90 Å². The zero-order valence-corrected chi connectivity index (χ0v) is 14.6. The maximum atomic E-state index is 12.7. The van der Waals surface area contributed by atoms with Gasteiger partial charge >= 0.3 is 0 Å². The maximum Gasteiger partial charge on any atom is 0.223 e. The molecule has 0 bridgehead atoms. The fraction of sp³-hybridized carbons (Fsp3) is 0.333. The lowest BCUT2D eigenvalue weighted by Gasteiger charge is -2.25. The average Bonchev–Trinajstić information content (AvgIpc) is 3.28. The minimum absolute atomic E-state index is 0.118. The van der Waals surface area contributed by atoms with E-state index < -0.39 is 5.60 Å². The summed E-state index contributed by atoms with van der Waals surface area (Å²) in [5.41, 5.74) is 2.98. The monoisotopic (exact) mass is 349 g/mol. The van der Waals surface area contributed by atoms with Crippen LogP contribution in [0.4, 0.5) is 0 Å². The molecule has 5 heteroatoms. The number of carbonyl (C=O) groups excluding carboxylic acids is 1. The summed E-state index contributed by atoms with van der Waals surface area (Å²) in [5.74, 6) is -0.118. The van der Waals surface area contributed by atoms with E-state index in [1.165, 1.54) is 0 Å². The normalized spacial score (nSPS) is 17.3. The number of hydrogen-bond donors (Lipinski definition) is 3. The lowest BCUT2D eigenvalue weighted by molar-refractivity contribution is -0.126.